The van der Waals surface area contributed by atoms with Crippen LogP contribution >= 0.6 is 22.6 Å². The largest absolute Gasteiger partial charge is 0.492 e. The number of hydrogen-bond acceptors (Lipinski definition) is 3. The molecule has 0 fully saturated rings. The molecule has 0 bridgehead atoms. The van der Waals surface area contributed by atoms with Crippen molar-refractivity contribution in [2.45, 2.75) is 13.3 Å². The summed E-state index contributed by atoms with van der Waals surface area (Å²) in [5, 5.41) is 0.740. The zero-order valence-electron chi connectivity index (χ0n) is 12.2. The lowest BCUT2D eigenvalue weighted by molar-refractivity contribution is -0.124. The van der Waals surface area contributed by atoms with Crippen molar-refractivity contribution in [3.63, 3.8) is 0 Å². The number of benzene rings is 1. The predicted octanol–water partition coefficient (Wildman–Crippen LogP) is 2.83. The fourth-order valence-electron chi connectivity index (χ4n) is 1.98. The van der Waals surface area contributed by atoms with Gasteiger partial charge in [0.25, 0.3) is 11.7 Å². The third-order valence-electron chi connectivity index (χ3n) is 3.05. The minimum atomic E-state index is -0.536. The highest BCUT2D eigenvalue weighted by atomic mass is 127. The third-order valence-corrected chi connectivity index (χ3v) is 4.13. The number of aromatic nitrogens is 1. The first-order valence-corrected chi connectivity index (χ1v) is 7.73. The van der Waals surface area contributed by atoms with Crippen LogP contribution in [-0.4, -0.2) is 42.3 Å². The van der Waals surface area contributed by atoms with Crippen LogP contribution in [0.1, 0.15) is 23.7 Å². The Labute approximate surface area is 136 Å². The second-order valence-corrected chi connectivity index (χ2v) is 5.96. The summed E-state index contributed by atoms with van der Waals surface area (Å²) in [6.07, 6.45) is 2.49. The number of amides is 1. The van der Waals surface area contributed by atoms with Gasteiger partial charge >= 0.3 is 0 Å². The molecule has 0 spiro atoms. The number of H-pyrrole nitrogens is 1. The average molecular weight is 400 g/mol. The van der Waals surface area contributed by atoms with Gasteiger partial charge in [0.1, 0.15) is 5.75 Å². The molecule has 112 valence electrons. The number of rotatable bonds is 5. The van der Waals surface area contributed by atoms with Gasteiger partial charge in [-0.1, -0.05) is 6.92 Å². The van der Waals surface area contributed by atoms with Crippen LogP contribution in [0, 0.1) is 3.57 Å². The van der Waals surface area contributed by atoms with E-state index < -0.39 is 11.7 Å². The van der Waals surface area contributed by atoms with Gasteiger partial charge in [-0.2, -0.15) is 0 Å². The average Bonchev–Trinajstić information content (AvgIpc) is 2.89. The Kier molecular flexibility index (Phi) is 4.87. The molecule has 5 nitrogen and oxygen atoms in total. The van der Waals surface area contributed by atoms with Gasteiger partial charge in [0, 0.05) is 31.2 Å². The predicted molar refractivity (Wildman–Crippen MR) is 89.8 cm³/mol. The van der Waals surface area contributed by atoms with Crippen molar-refractivity contribution in [3.05, 3.63) is 27.5 Å². The lowest BCUT2D eigenvalue weighted by Gasteiger charge is -2.10. The molecule has 0 aliphatic rings. The quantitative estimate of drug-likeness (QED) is 0.477. The normalized spacial score (nSPS) is 10.7. The van der Waals surface area contributed by atoms with Gasteiger partial charge in [-0.15, -0.1) is 0 Å². The molecule has 0 saturated carbocycles. The maximum Gasteiger partial charge on any atom is 0.294 e. The van der Waals surface area contributed by atoms with Crippen LogP contribution in [0.25, 0.3) is 10.9 Å². The molecule has 2 rings (SSSR count). The Balaban J connectivity index is 2.51. The number of aromatic amines is 1. The molecule has 6 heteroatoms. The molecule has 1 N–H and O–H groups in total. The van der Waals surface area contributed by atoms with E-state index in [0.29, 0.717) is 12.2 Å². The molecule has 1 aromatic carbocycles. The lowest BCUT2D eigenvalue weighted by atomic mass is 10.1. The first-order chi connectivity index (χ1) is 9.97. The van der Waals surface area contributed by atoms with Crippen LogP contribution in [0.15, 0.2) is 18.3 Å². The van der Waals surface area contributed by atoms with Crippen LogP contribution < -0.4 is 4.74 Å². The van der Waals surface area contributed by atoms with E-state index >= 15 is 0 Å². The molecule has 0 unspecified atom stereocenters. The van der Waals surface area contributed by atoms with Gasteiger partial charge in [0.05, 0.1) is 15.7 Å². The van der Waals surface area contributed by atoms with Gasteiger partial charge in [0.2, 0.25) is 0 Å². The first-order valence-electron chi connectivity index (χ1n) is 6.65. The molecule has 0 aliphatic heterocycles. The van der Waals surface area contributed by atoms with Crippen molar-refractivity contribution in [2.75, 3.05) is 20.7 Å². The molecule has 2 aromatic rings. The zero-order chi connectivity index (χ0) is 15.6. The molecule has 1 aromatic heterocycles. The summed E-state index contributed by atoms with van der Waals surface area (Å²) in [6.45, 7) is 2.65. The number of Topliss-reactive ketones (excluding diaryl/α,β-unsaturated/α-hetero) is 1. The molecule has 1 amide bonds. The fourth-order valence-corrected chi connectivity index (χ4v) is 2.90. The highest BCUT2D eigenvalue weighted by molar-refractivity contribution is 14.1. The summed E-state index contributed by atoms with van der Waals surface area (Å²) in [6, 6.07) is 3.73. The number of carbonyl (C=O) groups excluding carboxylic acids is 2. The van der Waals surface area contributed by atoms with Crippen LogP contribution in [0.5, 0.6) is 5.75 Å². The Hall–Kier alpha value is -1.57. The Morgan fingerprint density at radius 3 is 2.67 bits per heavy atom. The van der Waals surface area contributed by atoms with E-state index in [1.54, 1.807) is 20.3 Å². The third kappa shape index (κ3) is 3.04. The summed E-state index contributed by atoms with van der Waals surface area (Å²) in [5.74, 6) is -0.320. The van der Waals surface area contributed by atoms with Crippen molar-refractivity contribution in [3.8, 4) is 5.75 Å². The van der Waals surface area contributed by atoms with Gasteiger partial charge in [-0.3, -0.25) is 9.59 Å². The van der Waals surface area contributed by atoms with E-state index in [0.717, 1.165) is 26.6 Å². The number of carbonyl (C=O) groups is 2. The summed E-state index contributed by atoms with van der Waals surface area (Å²) in [7, 11) is 3.13. The van der Waals surface area contributed by atoms with Gasteiger partial charge in [-0.05, 0) is 41.1 Å². The zero-order valence-corrected chi connectivity index (χ0v) is 14.4. The number of ether oxygens (including phenoxy) is 1. The maximum atomic E-state index is 12.3. The van der Waals surface area contributed by atoms with Gasteiger partial charge in [-0.25, -0.2) is 0 Å². The number of ketones is 1. The van der Waals surface area contributed by atoms with Crippen molar-refractivity contribution >= 4 is 45.2 Å². The monoisotopic (exact) mass is 400 g/mol. The maximum absolute atomic E-state index is 12.3. The van der Waals surface area contributed by atoms with Crippen molar-refractivity contribution in [1.82, 2.24) is 9.88 Å². The SMILES string of the molecule is CCCOc1ccc2[nH]cc(C(=O)C(=O)N(C)C)c2c1I. The summed E-state index contributed by atoms with van der Waals surface area (Å²) < 4.78 is 6.52. The minimum Gasteiger partial charge on any atom is -0.492 e. The van der Waals surface area contributed by atoms with Crippen LogP contribution in [0.4, 0.5) is 0 Å². The minimum absolute atomic E-state index is 0.384. The number of nitrogens with one attached hydrogen (secondary N) is 1. The highest BCUT2D eigenvalue weighted by Crippen LogP contribution is 2.32. The van der Waals surface area contributed by atoms with Gasteiger partial charge < -0.3 is 14.6 Å². The van der Waals surface area contributed by atoms with E-state index in [2.05, 4.69) is 27.6 Å². The Morgan fingerprint density at radius 1 is 1.33 bits per heavy atom. The van der Waals surface area contributed by atoms with Crippen molar-refractivity contribution in [2.24, 2.45) is 0 Å². The number of likely N-dealkylation sites (N-methyl/N-ethyl adjacent to an activating group) is 1. The highest BCUT2D eigenvalue weighted by Gasteiger charge is 2.23. The molecule has 0 aliphatic carbocycles. The summed E-state index contributed by atoms with van der Waals surface area (Å²) >= 11 is 2.15. The van der Waals surface area contributed by atoms with Crippen LogP contribution in [0.2, 0.25) is 0 Å². The molecular weight excluding hydrogens is 383 g/mol. The number of nitrogens with zero attached hydrogens (tertiary/aromatic N) is 1. The first kappa shape index (κ1) is 15.8. The lowest BCUT2D eigenvalue weighted by Crippen LogP contribution is -2.29. The number of hydrogen-bond donors (Lipinski definition) is 1. The molecule has 0 radical (unpaired) electrons. The molecule has 0 atom stereocenters. The second-order valence-electron chi connectivity index (χ2n) is 4.88. The van der Waals surface area contributed by atoms with Crippen molar-refractivity contribution < 1.29 is 14.3 Å². The number of fused-ring (bicyclic) bond motifs is 1. The van der Waals surface area contributed by atoms with Gasteiger partial charge in [0.15, 0.2) is 0 Å². The summed E-state index contributed by atoms with van der Waals surface area (Å²) in [5.41, 5.74) is 1.20. The smallest absolute Gasteiger partial charge is 0.294 e. The van der Waals surface area contributed by atoms with E-state index in [1.165, 1.54) is 4.90 Å². The standard InChI is InChI=1S/C15H17IN2O3/c1-4-7-21-11-6-5-10-12(13(11)16)9(8-17-10)14(19)15(20)18(2)3/h5-6,8,17H,4,7H2,1-3H3. The summed E-state index contributed by atoms with van der Waals surface area (Å²) in [4.78, 5) is 28.5. The Bertz CT molecular complexity index is 692. The van der Waals surface area contributed by atoms with E-state index in [4.69, 9.17) is 4.74 Å². The second kappa shape index (κ2) is 6.46. The van der Waals surface area contributed by atoms with Crippen LogP contribution in [0.3, 0.4) is 0 Å². The molecule has 0 saturated heterocycles. The molecule has 1 heterocycles. The van der Waals surface area contributed by atoms with E-state index in [9.17, 15) is 9.59 Å². The van der Waals surface area contributed by atoms with E-state index in [1.807, 2.05) is 19.1 Å². The van der Waals surface area contributed by atoms with E-state index in [-0.39, 0.29) is 0 Å². The fraction of sp³-hybridized carbons (Fsp3) is 0.333. The molecular formula is C15H17IN2O3. The Morgan fingerprint density at radius 2 is 2.05 bits per heavy atom. The van der Waals surface area contributed by atoms with Crippen molar-refractivity contribution in [1.29, 1.82) is 0 Å². The van der Waals surface area contributed by atoms with Crippen LogP contribution in [-0.2, 0) is 4.79 Å². The number of halogens is 1. The molecule has 21 heavy (non-hydrogen) atoms. The topological polar surface area (TPSA) is 62.4 Å².